The summed E-state index contributed by atoms with van der Waals surface area (Å²) in [6, 6.07) is 20.1. The molecule has 3 aliphatic rings. The highest BCUT2D eigenvalue weighted by Gasteiger charge is 2.46. The number of nitrogens with one attached hydrogen (secondary N) is 2. The normalized spacial score (nSPS) is 19.2. The minimum absolute atomic E-state index is 0.0298. The van der Waals surface area contributed by atoms with E-state index in [1.165, 1.54) is 12.1 Å². The van der Waals surface area contributed by atoms with Gasteiger partial charge in [-0.25, -0.2) is 4.39 Å². The Bertz CT molecular complexity index is 1760. The van der Waals surface area contributed by atoms with E-state index >= 15 is 0 Å². The van der Waals surface area contributed by atoms with E-state index in [-0.39, 0.29) is 54.5 Å². The number of nitrogens with zero attached hydrogens (tertiary/aromatic N) is 1. The maximum Gasteiger partial charge on any atom is 0.303 e. The number of halogens is 3. The molecule has 1 saturated carbocycles. The zero-order valence-electron chi connectivity index (χ0n) is 27.9. The molecular formula is C39H42BrClFN3O5. The fraction of sp³-hybridized carbons (Fsp3) is 0.410. The molecular weight excluding hydrogens is 725 g/mol. The molecule has 6 rings (SSSR count). The number of carboxylic acid groups (broad SMARTS) is 1. The summed E-state index contributed by atoms with van der Waals surface area (Å²) in [5.41, 5.74) is 4.54. The molecule has 2 amide bonds. The van der Waals surface area contributed by atoms with Crippen molar-refractivity contribution >= 4 is 50.9 Å². The van der Waals surface area contributed by atoms with Gasteiger partial charge in [0.2, 0.25) is 11.8 Å². The van der Waals surface area contributed by atoms with Gasteiger partial charge >= 0.3 is 5.97 Å². The number of ether oxygens (including phenoxy) is 1. The first-order chi connectivity index (χ1) is 24.1. The number of benzene rings is 3. The van der Waals surface area contributed by atoms with Crippen LogP contribution in [0.3, 0.4) is 0 Å². The van der Waals surface area contributed by atoms with Crippen molar-refractivity contribution in [1.82, 2.24) is 15.5 Å². The minimum atomic E-state index is -0.915. The van der Waals surface area contributed by atoms with Crippen molar-refractivity contribution in [2.75, 3.05) is 19.7 Å². The largest absolute Gasteiger partial charge is 0.492 e. The number of carbonyl (C=O) groups excluding carboxylic acids is 2. The third-order valence-corrected chi connectivity index (χ3v) is 10.9. The van der Waals surface area contributed by atoms with Crippen molar-refractivity contribution in [1.29, 1.82) is 0 Å². The highest BCUT2D eigenvalue weighted by atomic mass is 79.9. The van der Waals surface area contributed by atoms with Crippen LogP contribution in [0.4, 0.5) is 4.39 Å². The summed E-state index contributed by atoms with van der Waals surface area (Å²) in [7, 11) is 0. The molecule has 50 heavy (non-hydrogen) atoms. The number of carbonyl (C=O) groups is 3. The average Bonchev–Trinajstić information content (AvgIpc) is 3.86. The highest BCUT2D eigenvalue weighted by Crippen LogP contribution is 2.42. The zero-order chi connectivity index (χ0) is 35.3. The summed E-state index contributed by atoms with van der Waals surface area (Å²) < 4.78 is 20.1. The van der Waals surface area contributed by atoms with Crippen LogP contribution in [0.1, 0.15) is 68.1 Å². The lowest BCUT2D eigenvalue weighted by molar-refractivity contribution is -0.137. The van der Waals surface area contributed by atoms with Crippen molar-refractivity contribution in [2.24, 2.45) is 0 Å². The Balaban J connectivity index is 1.17. The monoisotopic (exact) mass is 765 g/mol. The Morgan fingerprint density at radius 1 is 1.02 bits per heavy atom. The Hall–Kier alpha value is -3.73. The third-order valence-electron chi connectivity index (χ3n) is 9.91. The summed E-state index contributed by atoms with van der Waals surface area (Å²) in [5.74, 6) is -0.976. The topological polar surface area (TPSA) is 108 Å². The van der Waals surface area contributed by atoms with E-state index in [0.717, 1.165) is 65.8 Å². The fourth-order valence-corrected chi connectivity index (χ4v) is 7.62. The first-order valence-electron chi connectivity index (χ1n) is 17.3. The van der Waals surface area contributed by atoms with Gasteiger partial charge in [-0.2, -0.15) is 0 Å². The molecule has 3 aromatic rings. The van der Waals surface area contributed by atoms with E-state index in [9.17, 15) is 18.8 Å². The van der Waals surface area contributed by atoms with Gasteiger partial charge in [-0.3, -0.25) is 14.4 Å². The first-order valence-corrected chi connectivity index (χ1v) is 18.5. The smallest absolute Gasteiger partial charge is 0.303 e. The van der Waals surface area contributed by atoms with E-state index in [4.69, 9.17) is 21.4 Å². The standard InChI is InChI=1S/C39H42BrClFN3O5/c40-31-15-14-28(42)21-34(31)50-20-4-5-25-10-12-26(13-11-25)30-22-29-23-45(35(46)8-3-9-36(47)48)24-33(43-29)37(30)38(49)44-39(18-19-39)17-16-27-6-1-2-7-32(27)41/h1-2,6-7,10-15,21,29,33,43H,3-5,8-9,16-20,22-24H2,(H,44,49)(H,47,48)/t29-,33-/m1/s1. The lowest BCUT2D eigenvalue weighted by Gasteiger charge is -2.44. The number of hydrogen-bond acceptors (Lipinski definition) is 5. The molecule has 1 aliphatic carbocycles. The number of amides is 2. The third kappa shape index (κ3) is 9.13. The van der Waals surface area contributed by atoms with Gasteiger partial charge in [-0.1, -0.05) is 54.1 Å². The van der Waals surface area contributed by atoms with Crippen LogP contribution in [0.15, 0.2) is 76.8 Å². The van der Waals surface area contributed by atoms with Gasteiger partial charge in [-0.15, -0.1) is 0 Å². The van der Waals surface area contributed by atoms with Gasteiger partial charge in [0.05, 0.1) is 17.1 Å². The first kappa shape index (κ1) is 36.1. The van der Waals surface area contributed by atoms with Gasteiger partial charge in [0.1, 0.15) is 11.6 Å². The molecule has 2 heterocycles. The van der Waals surface area contributed by atoms with Gasteiger partial charge in [0.15, 0.2) is 0 Å². The van der Waals surface area contributed by atoms with E-state index in [1.54, 1.807) is 11.0 Å². The lowest BCUT2D eigenvalue weighted by atomic mass is 9.82. The second-order valence-electron chi connectivity index (χ2n) is 13.6. The molecule has 3 aromatic carbocycles. The van der Waals surface area contributed by atoms with Gasteiger partial charge < -0.3 is 25.4 Å². The molecule has 0 unspecified atom stereocenters. The molecule has 264 valence electrons. The molecule has 0 radical (unpaired) electrons. The summed E-state index contributed by atoms with van der Waals surface area (Å²) in [4.78, 5) is 40.2. The molecule has 2 bridgehead atoms. The second kappa shape index (κ2) is 16.1. The van der Waals surface area contributed by atoms with Crippen LogP contribution in [0, 0.1) is 5.82 Å². The van der Waals surface area contributed by atoms with Gasteiger partial charge in [0.25, 0.3) is 0 Å². The van der Waals surface area contributed by atoms with E-state index in [0.29, 0.717) is 41.9 Å². The number of hydrogen-bond donors (Lipinski definition) is 3. The Labute approximate surface area is 305 Å². The van der Waals surface area contributed by atoms with Crippen molar-refractivity contribution in [3.63, 3.8) is 0 Å². The molecule has 1 saturated heterocycles. The fourth-order valence-electron chi connectivity index (χ4n) is 7.03. The quantitative estimate of drug-likeness (QED) is 0.142. The molecule has 2 fully saturated rings. The summed E-state index contributed by atoms with van der Waals surface area (Å²) >= 11 is 9.83. The van der Waals surface area contributed by atoms with Crippen molar-refractivity contribution in [3.8, 4) is 5.75 Å². The molecule has 0 aromatic heterocycles. The van der Waals surface area contributed by atoms with Crippen molar-refractivity contribution in [2.45, 2.75) is 81.8 Å². The lowest BCUT2D eigenvalue weighted by Crippen LogP contribution is -2.62. The SMILES string of the molecule is O=C(O)CCCC(=O)N1C[C@H]2CC(c3ccc(CCCOc4cc(F)ccc4Br)cc3)=C(C(=O)NC3(CCc4ccccc4Cl)CC3)[C@@H](C1)N2. The predicted octanol–water partition coefficient (Wildman–Crippen LogP) is 7.12. The number of piperazine rings is 1. The number of carboxylic acids is 1. The summed E-state index contributed by atoms with van der Waals surface area (Å²) in [6.45, 7) is 1.29. The van der Waals surface area contributed by atoms with Crippen LogP contribution >= 0.6 is 27.5 Å². The maximum atomic E-state index is 14.3. The summed E-state index contributed by atoms with van der Waals surface area (Å²) in [6.07, 6.45) is 5.86. The van der Waals surface area contributed by atoms with Gasteiger partial charge in [0, 0.05) is 54.2 Å². The summed E-state index contributed by atoms with van der Waals surface area (Å²) in [5, 5.41) is 16.8. The maximum absolute atomic E-state index is 14.3. The molecule has 3 N–H and O–H groups in total. The Morgan fingerprint density at radius 2 is 1.80 bits per heavy atom. The van der Waals surface area contributed by atoms with E-state index in [1.807, 2.05) is 24.3 Å². The second-order valence-corrected chi connectivity index (χ2v) is 14.9. The van der Waals surface area contributed by atoms with Crippen molar-refractivity contribution < 1.29 is 28.6 Å². The number of rotatable bonds is 15. The zero-order valence-corrected chi connectivity index (χ0v) is 30.2. The molecule has 0 spiro atoms. The molecule has 11 heteroatoms. The minimum Gasteiger partial charge on any atom is -0.492 e. The predicted molar refractivity (Wildman–Crippen MR) is 195 cm³/mol. The van der Waals surface area contributed by atoms with Crippen LogP contribution in [0.2, 0.25) is 5.02 Å². The molecule has 2 aliphatic heterocycles. The van der Waals surface area contributed by atoms with Gasteiger partial charge in [-0.05, 0) is 108 Å². The van der Waals surface area contributed by atoms with Crippen LogP contribution < -0.4 is 15.4 Å². The van der Waals surface area contributed by atoms with Crippen LogP contribution in [-0.2, 0) is 27.2 Å². The Kier molecular flexibility index (Phi) is 11.6. The van der Waals surface area contributed by atoms with E-state index < -0.39 is 5.97 Å². The Morgan fingerprint density at radius 3 is 2.54 bits per heavy atom. The highest BCUT2D eigenvalue weighted by molar-refractivity contribution is 9.10. The van der Waals surface area contributed by atoms with Crippen LogP contribution in [-0.4, -0.2) is 65.1 Å². The average molecular weight is 767 g/mol. The van der Waals surface area contributed by atoms with E-state index in [2.05, 4.69) is 50.8 Å². The number of fused-ring (bicyclic) bond motifs is 2. The van der Waals surface area contributed by atoms with Crippen LogP contribution in [0.25, 0.3) is 5.57 Å². The molecule has 2 atom stereocenters. The number of aryl methyl sites for hydroxylation is 2. The molecule has 8 nitrogen and oxygen atoms in total. The number of aliphatic carboxylic acids is 1. The van der Waals surface area contributed by atoms with Crippen molar-refractivity contribution in [3.05, 3.63) is 104 Å². The van der Waals surface area contributed by atoms with Crippen LogP contribution in [0.5, 0.6) is 5.75 Å².